The molecular weight excluding hydrogens is 356 g/mol. The summed E-state index contributed by atoms with van der Waals surface area (Å²) in [7, 11) is 0. The maximum atomic E-state index is 12.6. The SMILES string of the molecule is NC(=O)c1cc(C[CH]C(=O)N2CCC(C3CCNCC3)CC2)cc2nn[nH]c12. The van der Waals surface area contributed by atoms with Gasteiger partial charge in [-0.15, -0.1) is 5.10 Å². The van der Waals surface area contributed by atoms with Crippen molar-refractivity contribution >= 4 is 22.8 Å². The molecule has 4 rings (SSSR count). The fraction of sp³-hybridized carbons (Fsp3) is 0.550. The number of nitrogens with zero attached hydrogens (tertiary/aromatic N) is 3. The predicted molar refractivity (Wildman–Crippen MR) is 105 cm³/mol. The normalized spacial score (nSPS) is 19.2. The molecule has 0 unspecified atom stereocenters. The standard InChI is InChI=1S/C20H27N6O2/c21-20(28)16-11-13(12-17-19(16)24-25-23-17)1-2-18(27)26-9-5-15(6-10-26)14-3-7-22-8-4-14/h2,11-12,14-15,22H,1,3-10H2,(H2,21,28)(H,23,24,25). The Balaban J connectivity index is 1.32. The lowest BCUT2D eigenvalue weighted by molar-refractivity contribution is -0.129. The summed E-state index contributed by atoms with van der Waals surface area (Å²) in [5.41, 5.74) is 7.74. The summed E-state index contributed by atoms with van der Waals surface area (Å²) < 4.78 is 0. The first-order chi connectivity index (χ1) is 13.6. The number of nitrogens with two attached hydrogens (primary N) is 1. The van der Waals surface area contributed by atoms with Crippen molar-refractivity contribution in [3.8, 4) is 0 Å². The molecule has 2 aromatic rings. The van der Waals surface area contributed by atoms with Gasteiger partial charge in [0.25, 0.3) is 5.91 Å². The number of amides is 2. The summed E-state index contributed by atoms with van der Waals surface area (Å²) in [5.74, 6) is 1.08. The first kappa shape index (κ1) is 18.9. The number of fused-ring (bicyclic) bond motifs is 1. The van der Waals surface area contributed by atoms with Gasteiger partial charge in [-0.3, -0.25) is 14.7 Å². The number of rotatable bonds is 5. The summed E-state index contributed by atoms with van der Waals surface area (Å²) in [6.07, 6.45) is 6.85. The van der Waals surface area contributed by atoms with Crippen LogP contribution in [0.1, 0.15) is 41.6 Å². The molecule has 1 aromatic carbocycles. The maximum Gasteiger partial charge on any atom is 0.250 e. The molecule has 149 valence electrons. The van der Waals surface area contributed by atoms with Crippen LogP contribution in [0.2, 0.25) is 0 Å². The fourth-order valence-corrected chi connectivity index (χ4v) is 4.56. The van der Waals surface area contributed by atoms with Crippen molar-refractivity contribution in [3.05, 3.63) is 29.7 Å². The Kier molecular flexibility index (Phi) is 5.57. The number of hydrogen-bond acceptors (Lipinski definition) is 5. The maximum absolute atomic E-state index is 12.6. The van der Waals surface area contributed by atoms with Crippen LogP contribution in [0.15, 0.2) is 12.1 Å². The zero-order valence-corrected chi connectivity index (χ0v) is 16.0. The van der Waals surface area contributed by atoms with Gasteiger partial charge in [-0.1, -0.05) is 5.21 Å². The van der Waals surface area contributed by atoms with Gasteiger partial charge in [-0.05, 0) is 74.7 Å². The minimum Gasteiger partial charge on any atom is -0.366 e. The summed E-state index contributed by atoms with van der Waals surface area (Å²) >= 11 is 0. The predicted octanol–water partition coefficient (Wildman–Crippen LogP) is 1.04. The van der Waals surface area contributed by atoms with Crippen molar-refractivity contribution in [2.45, 2.75) is 32.1 Å². The van der Waals surface area contributed by atoms with E-state index < -0.39 is 5.91 Å². The minimum atomic E-state index is -0.538. The number of piperidine rings is 2. The molecule has 1 aromatic heterocycles. The van der Waals surface area contributed by atoms with Gasteiger partial charge in [-0.2, -0.15) is 0 Å². The molecule has 2 saturated heterocycles. The second-order valence-electron chi connectivity index (χ2n) is 7.87. The van der Waals surface area contributed by atoms with Gasteiger partial charge in [-0.25, -0.2) is 0 Å². The molecule has 0 spiro atoms. The number of H-pyrrole nitrogens is 1. The molecule has 2 fully saturated rings. The average Bonchev–Trinajstić information content (AvgIpc) is 3.20. The van der Waals surface area contributed by atoms with Crippen LogP contribution < -0.4 is 11.1 Å². The van der Waals surface area contributed by atoms with Crippen LogP contribution in [0, 0.1) is 18.3 Å². The van der Waals surface area contributed by atoms with E-state index in [2.05, 4.69) is 20.7 Å². The van der Waals surface area contributed by atoms with E-state index in [1.165, 1.54) is 12.8 Å². The second-order valence-corrected chi connectivity index (χ2v) is 7.87. The Bertz CT molecular complexity index is 849. The molecule has 1 radical (unpaired) electrons. The van der Waals surface area contributed by atoms with E-state index >= 15 is 0 Å². The van der Waals surface area contributed by atoms with Gasteiger partial charge in [0.15, 0.2) is 0 Å². The molecule has 4 N–H and O–H groups in total. The summed E-state index contributed by atoms with van der Waals surface area (Å²) in [6, 6.07) is 3.54. The van der Waals surface area contributed by atoms with Crippen molar-refractivity contribution in [3.63, 3.8) is 0 Å². The van der Waals surface area contributed by atoms with Crippen LogP contribution in [-0.4, -0.2) is 58.3 Å². The van der Waals surface area contributed by atoms with Gasteiger partial charge in [0.1, 0.15) is 5.52 Å². The van der Waals surface area contributed by atoms with Crippen LogP contribution in [0.3, 0.4) is 0 Å². The zero-order valence-electron chi connectivity index (χ0n) is 16.0. The van der Waals surface area contributed by atoms with E-state index in [0.717, 1.165) is 56.4 Å². The Morgan fingerprint density at radius 1 is 1.14 bits per heavy atom. The Morgan fingerprint density at radius 2 is 1.86 bits per heavy atom. The molecule has 2 aliphatic heterocycles. The average molecular weight is 383 g/mol. The highest BCUT2D eigenvalue weighted by molar-refractivity contribution is 6.04. The van der Waals surface area contributed by atoms with Gasteiger partial charge in [0, 0.05) is 13.1 Å². The Labute approximate surface area is 164 Å². The fourth-order valence-electron chi connectivity index (χ4n) is 4.56. The third-order valence-electron chi connectivity index (χ3n) is 6.18. The van der Waals surface area contributed by atoms with Crippen molar-refractivity contribution < 1.29 is 9.59 Å². The molecule has 0 saturated carbocycles. The van der Waals surface area contributed by atoms with Crippen LogP contribution in [0.4, 0.5) is 0 Å². The van der Waals surface area contributed by atoms with Crippen molar-refractivity contribution in [1.82, 2.24) is 25.6 Å². The number of benzene rings is 1. The van der Waals surface area contributed by atoms with E-state index in [-0.39, 0.29) is 5.91 Å². The smallest absolute Gasteiger partial charge is 0.250 e. The van der Waals surface area contributed by atoms with E-state index in [4.69, 9.17) is 5.73 Å². The molecule has 0 atom stereocenters. The van der Waals surface area contributed by atoms with E-state index in [9.17, 15) is 9.59 Å². The second kappa shape index (κ2) is 8.26. The van der Waals surface area contributed by atoms with Gasteiger partial charge < -0.3 is 16.0 Å². The molecule has 3 heterocycles. The molecular formula is C20H27N6O2. The highest BCUT2D eigenvalue weighted by atomic mass is 16.2. The number of hydrogen-bond donors (Lipinski definition) is 3. The third-order valence-corrected chi connectivity index (χ3v) is 6.18. The summed E-state index contributed by atoms with van der Waals surface area (Å²) in [6.45, 7) is 3.92. The Hall–Kier alpha value is -2.48. The number of nitrogens with one attached hydrogen (secondary N) is 2. The van der Waals surface area contributed by atoms with Crippen LogP contribution in [0.25, 0.3) is 11.0 Å². The van der Waals surface area contributed by atoms with Crippen molar-refractivity contribution in [2.24, 2.45) is 17.6 Å². The number of carbonyl (C=O) groups excluding carboxylic acids is 2. The van der Waals surface area contributed by atoms with Gasteiger partial charge in [0.05, 0.1) is 17.5 Å². The highest BCUT2D eigenvalue weighted by Crippen LogP contribution is 2.31. The number of aromatic nitrogens is 3. The molecule has 0 aliphatic carbocycles. The van der Waals surface area contributed by atoms with Gasteiger partial charge in [0.2, 0.25) is 5.91 Å². The lowest BCUT2D eigenvalue weighted by Crippen LogP contribution is -2.42. The van der Waals surface area contributed by atoms with Crippen LogP contribution in [-0.2, 0) is 11.2 Å². The highest BCUT2D eigenvalue weighted by Gasteiger charge is 2.29. The topological polar surface area (TPSA) is 117 Å². The number of aromatic amines is 1. The first-order valence-electron chi connectivity index (χ1n) is 10.1. The first-order valence-corrected chi connectivity index (χ1v) is 10.1. The molecule has 8 nitrogen and oxygen atoms in total. The van der Waals surface area contributed by atoms with E-state index in [1.54, 1.807) is 12.5 Å². The molecule has 2 amide bonds. The molecule has 28 heavy (non-hydrogen) atoms. The van der Waals surface area contributed by atoms with E-state index in [0.29, 0.717) is 23.0 Å². The molecule has 8 heteroatoms. The van der Waals surface area contributed by atoms with Gasteiger partial charge >= 0.3 is 0 Å². The largest absolute Gasteiger partial charge is 0.366 e. The lowest BCUT2D eigenvalue weighted by Gasteiger charge is -2.37. The monoisotopic (exact) mass is 383 g/mol. The van der Waals surface area contributed by atoms with Crippen molar-refractivity contribution in [1.29, 1.82) is 0 Å². The number of carbonyl (C=O) groups is 2. The van der Waals surface area contributed by atoms with Crippen LogP contribution >= 0.6 is 0 Å². The minimum absolute atomic E-state index is 0.0598. The van der Waals surface area contributed by atoms with Crippen molar-refractivity contribution in [2.75, 3.05) is 26.2 Å². The zero-order chi connectivity index (χ0) is 19.5. The third kappa shape index (κ3) is 4.01. The molecule has 0 bridgehead atoms. The summed E-state index contributed by atoms with van der Waals surface area (Å²) in [5, 5.41) is 13.8. The molecule has 2 aliphatic rings. The van der Waals surface area contributed by atoms with E-state index in [1.807, 2.05) is 11.0 Å². The number of likely N-dealkylation sites (tertiary alicyclic amines) is 1. The van der Waals surface area contributed by atoms with Crippen LogP contribution in [0.5, 0.6) is 0 Å². The lowest BCUT2D eigenvalue weighted by atomic mass is 9.79. The Morgan fingerprint density at radius 3 is 2.57 bits per heavy atom. The number of primary amides is 1. The summed E-state index contributed by atoms with van der Waals surface area (Å²) in [4.78, 5) is 26.2. The quantitative estimate of drug-likeness (QED) is 0.713.